The minimum Gasteiger partial charge on any atom is -0.364 e. The van der Waals surface area contributed by atoms with Crippen molar-refractivity contribution < 1.29 is 4.52 Å². The highest BCUT2D eigenvalue weighted by atomic mass is 79.9. The van der Waals surface area contributed by atoms with Crippen molar-refractivity contribution >= 4 is 15.9 Å². The maximum absolute atomic E-state index is 8.71. The number of benzene rings is 1. The van der Waals surface area contributed by atoms with Crippen molar-refractivity contribution in [3.63, 3.8) is 0 Å². The minimum absolute atomic E-state index is 0.647. The van der Waals surface area contributed by atoms with E-state index in [0.29, 0.717) is 5.56 Å². The third-order valence-electron chi connectivity index (χ3n) is 2.29. The molecule has 0 aliphatic carbocycles. The molecule has 0 fully saturated rings. The second-order valence-electron chi connectivity index (χ2n) is 3.32. The summed E-state index contributed by atoms with van der Waals surface area (Å²) in [5.41, 5.74) is 3.54. The molecule has 0 amide bonds. The molecule has 0 N–H and O–H groups in total. The van der Waals surface area contributed by atoms with Crippen LogP contribution in [0.4, 0.5) is 0 Å². The van der Waals surface area contributed by atoms with Crippen LogP contribution in [0.3, 0.4) is 0 Å². The Bertz CT molecular complexity index is 511. The molecule has 0 aliphatic heterocycles. The van der Waals surface area contributed by atoms with E-state index in [1.807, 2.05) is 12.1 Å². The van der Waals surface area contributed by atoms with Crippen LogP contribution in [0.15, 0.2) is 35.1 Å². The molecule has 1 heterocycles. The highest BCUT2D eigenvalue weighted by Crippen LogP contribution is 2.23. The van der Waals surface area contributed by atoms with Crippen molar-refractivity contribution in [1.82, 2.24) is 5.16 Å². The lowest BCUT2D eigenvalue weighted by molar-refractivity contribution is 0.421. The van der Waals surface area contributed by atoms with E-state index in [4.69, 9.17) is 9.78 Å². The molecule has 0 saturated carbocycles. The van der Waals surface area contributed by atoms with Crippen molar-refractivity contribution in [1.29, 1.82) is 5.26 Å². The van der Waals surface area contributed by atoms with E-state index in [0.717, 1.165) is 28.6 Å². The third kappa shape index (κ3) is 2.15. The number of rotatable bonds is 3. The van der Waals surface area contributed by atoms with Gasteiger partial charge in [-0.25, -0.2) is 0 Å². The second-order valence-corrected chi connectivity index (χ2v) is 4.11. The van der Waals surface area contributed by atoms with E-state index >= 15 is 0 Å². The largest absolute Gasteiger partial charge is 0.364 e. The molecule has 4 heteroatoms. The number of halogens is 1. The highest BCUT2D eigenvalue weighted by molar-refractivity contribution is 9.09. The predicted octanol–water partition coefficient (Wildman–Crippen LogP) is 3.15. The first kappa shape index (κ1) is 10.9. The SMILES string of the molecule is N#Cc1ccc(-c2nocc2CCBr)cc1. The van der Waals surface area contributed by atoms with Crippen LogP contribution in [0.2, 0.25) is 0 Å². The number of hydrogen-bond acceptors (Lipinski definition) is 3. The van der Waals surface area contributed by atoms with Gasteiger partial charge in [0.05, 0.1) is 11.6 Å². The van der Waals surface area contributed by atoms with Crippen LogP contribution in [0, 0.1) is 11.3 Å². The molecule has 2 rings (SSSR count). The number of nitrogens with zero attached hydrogens (tertiary/aromatic N) is 2. The van der Waals surface area contributed by atoms with Crippen molar-refractivity contribution in [3.8, 4) is 17.3 Å². The van der Waals surface area contributed by atoms with E-state index in [1.165, 1.54) is 0 Å². The van der Waals surface area contributed by atoms with Gasteiger partial charge in [-0.1, -0.05) is 33.2 Å². The fraction of sp³-hybridized carbons (Fsp3) is 0.167. The first-order valence-corrected chi connectivity index (χ1v) is 5.97. The maximum Gasteiger partial charge on any atom is 0.127 e. The molecule has 0 atom stereocenters. The Labute approximate surface area is 102 Å². The summed E-state index contributed by atoms with van der Waals surface area (Å²) in [5, 5.41) is 13.6. The van der Waals surface area contributed by atoms with Gasteiger partial charge in [0.2, 0.25) is 0 Å². The Hall–Kier alpha value is -1.60. The van der Waals surface area contributed by atoms with Crippen LogP contribution in [0.1, 0.15) is 11.1 Å². The first-order valence-electron chi connectivity index (χ1n) is 4.85. The van der Waals surface area contributed by atoms with E-state index < -0.39 is 0 Å². The number of hydrogen-bond donors (Lipinski definition) is 0. The number of alkyl halides is 1. The monoisotopic (exact) mass is 276 g/mol. The molecule has 80 valence electrons. The quantitative estimate of drug-likeness (QED) is 0.810. The topological polar surface area (TPSA) is 49.8 Å². The summed E-state index contributed by atoms with van der Waals surface area (Å²) in [5.74, 6) is 0. The lowest BCUT2D eigenvalue weighted by atomic mass is 10.1. The van der Waals surface area contributed by atoms with Crippen molar-refractivity contribution in [2.75, 3.05) is 5.33 Å². The van der Waals surface area contributed by atoms with Gasteiger partial charge in [0.15, 0.2) is 0 Å². The zero-order valence-electron chi connectivity index (χ0n) is 8.48. The Balaban J connectivity index is 2.35. The standard InChI is InChI=1S/C12H9BrN2O/c13-6-5-11-8-16-15-12(11)10-3-1-9(7-14)2-4-10/h1-4,8H,5-6H2. The Morgan fingerprint density at radius 2 is 2.06 bits per heavy atom. The Kier molecular flexibility index (Phi) is 3.37. The van der Waals surface area contributed by atoms with Gasteiger partial charge in [0.25, 0.3) is 0 Å². The molecule has 0 unspecified atom stereocenters. The van der Waals surface area contributed by atoms with E-state index in [-0.39, 0.29) is 0 Å². The van der Waals surface area contributed by atoms with E-state index in [9.17, 15) is 0 Å². The lowest BCUT2D eigenvalue weighted by Crippen LogP contribution is -1.88. The fourth-order valence-corrected chi connectivity index (χ4v) is 1.90. The second kappa shape index (κ2) is 4.95. The van der Waals surface area contributed by atoms with Gasteiger partial charge in [0.1, 0.15) is 12.0 Å². The van der Waals surface area contributed by atoms with Crippen LogP contribution in [0.5, 0.6) is 0 Å². The Morgan fingerprint density at radius 3 is 2.69 bits per heavy atom. The average molecular weight is 277 g/mol. The summed E-state index contributed by atoms with van der Waals surface area (Å²) in [7, 11) is 0. The molecule has 0 aliphatic rings. The summed E-state index contributed by atoms with van der Waals surface area (Å²) < 4.78 is 4.97. The van der Waals surface area contributed by atoms with Crippen LogP contribution >= 0.6 is 15.9 Å². The number of nitriles is 1. The molecule has 0 spiro atoms. The van der Waals surface area contributed by atoms with Gasteiger partial charge in [-0.3, -0.25) is 0 Å². The highest BCUT2D eigenvalue weighted by Gasteiger charge is 2.09. The fourth-order valence-electron chi connectivity index (χ4n) is 1.48. The molecule has 3 nitrogen and oxygen atoms in total. The van der Waals surface area contributed by atoms with Gasteiger partial charge < -0.3 is 4.52 Å². The van der Waals surface area contributed by atoms with Gasteiger partial charge in [-0.2, -0.15) is 5.26 Å². The Morgan fingerprint density at radius 1 is 1.31 bits per heavy atom. The molecule has 16 heavy (non-hydrogen) atoms. The molecule has 0 bridgehead atoms. The smallest absolute Gasteiger partial charge is 0.127 e. The van der Waals surface area contributed by atoms with Gasteiger partial charge in [-0.05, 0) is 18.6 Å². The zero-order valence-corrected chi connectivity index (χ0v) is 10.1. The summed E-state index contributed by atoms with van der Waals surface area (Å²) in [4.78, 5) is 0. The normalized spacial score (nSPS) is 10.0. The van der Waals surface area contributed by atoms with Crippen molar-refractivity contribution in [2.24, 2.45) is 0 Å². The summed E-state index contributed by atoms with van der Waals surface area (Å²) in [6, 6.07) is 9.41. The van der Waals surface area contributed by atoms with Crippen LogP contribution in [-0.2, 0) is 6.42 Å². The summed E-state index contributed by atoms with van der Waals surface area (Å²) in [6.45, 7) is 0. The summed E-state index contributed by atoms with van der Waals surface area (Å²) in [6.07, 6.45) is 2.54. The number of aryl methyl sites for hydroxylation is 1. The predicted molar refractivity (Wildman–Crippen MR) is 64.2 cm³/mol. The first-order chi connectivity index (χ1) is 7.85. The molecule has 0 saturated heterocycles. The van der Waals surface area contributed by atoms with E-state index in [1.54, 1.807) is 18.4 Å². The lowest BCUT2D eigenvalue weighted by Gasteiger charge is -1.99. The molecular weight excluding hydrogens is 268 g/mol. The van der Waals surface area contributed by atoms with Crippen LogP contribution in [0.25, 0.3) is 11.3 Å². The molecule has 1 aromatic heterocycles. The number of aromatic nitrogens is 1. The van der Waals surface area contributed by atoms with Crippen LogP contribution < -0.4 is 0 Å². The van der Waals surface area contributed by atoms with Gasteiger partial charge in [0, 0.05) is 16.5 Å². The van der Waals surface area contributed by atoms with Crippen LogP contribution in [-0.4, -0.2) is 10.5 Å². The molecule has 2 aromatic rings. The summed E-state index contributed by atoms with van der Waals surface area (Å²) >= 11 is 3.39. The zero-order chi connectivity index (χ0) is 11.4. The third-order valence-corrected chi connectivity index (χ3v) is 2.69. The van der Waals surface area contributed by atoms with Gasteiger partial charge >= 0.3 is 0 Å². The molecule has 0 radical (unpaired) electrons. The molecular formula is C12H9BrN2O. The van der Waals surface area contributed by atoms with E-state index in [2.05, 4.69) is 27.2 Å². The average Bonchev–Trinajstić information content (AvgIpc) is 2.78. The van der Waals surface area contributed by atoms with Crippen molar-refractivity contribution in [3.05, 3.63) is 41.7 Å². The maximum atomic E-state index is 8.71. The van der Waals surface area contributed by atoms with Gasteiger partial charge in [-0.15, -0.1) is 0 Å². The molecule has 1 aromatic carbocycles. The van der Waals surface area contributed by atoms with Crippen molar-refractivity contribution in [2.45, 2.75) is 6.42 Å². The minimum atomic E-state index is 0.647.